The van der Waals surface area contributed by atoms with Gasteiger partial charge in [-0.25, -0.2) is 0 Å². The second-order valence-corrected chi connectivity index (χ2v) is 8.02. The third-order valence-electron chi connectivity index (χ3n) is 6.05. The van der Waals surface area contributed by atoms with Crippen molar-refractivity contribution in [1.29, 1.82) is 0 Å². The van der Waals surface area contributed by atoms with Gasteiger partial charge in [0, 0.05) is 12.0 Å². The quantitative estimate of drug-likeness (QED) is 0.759. The number of hydrogen-bond donors (Lipinski definition) is 2. The minimum Gasteiger partial charge on any atom is -0.329 e. The summed E-state index contributed by atoms with van der Waals surface area (Å²) in [5, 5.41) is 0. The highest BCUT2D eigenvalue weighted by Crippen LogP contribution is 2.10. The molecular weight excluding hydrogens is 346 g/mol. The molecular formula is C24H31N3O+2. The van der Waals surface area contributed by atoms with E-state index in [4.69, 9.17) is 0 Å². The highest BCUT2D eigenvalue weighted by molar-refractivity contribution is 5.77. The minimum absolute atomic E-state index is 0.327. The number of hydrogen-bond acceptors (Lipinski definition) is 1. The predicted molar refractivity (Wildman–Crippen MR) is 112 cm³/mol. The highest BCUT2D eigenvalue weighted by atomic mass is 16.2. The molecule has 1 amide bonds. The number of amides is 1. The number of carbonyl (C=O) groups excluding carboxylic acids is 1. The molecule has 2 N–H and O–H groups in total. The molecule has 2 aliphatic rings. The van der Waals surface area contributed by atoms with E-state index in [-0.39, 0.29) is 0 Å². The number of rotatable bonds is 5. The first-order valence-corrected chi connectivity index (χ1v) is 10.5. The minimum atomic E-state index is 0.327. The SMILES string of the molecule is O=C(C[NH+]1CCc2ccccc2C1)N1CC[NH+](C/C=C/c2ccccc2)CC1. The van der Waals surface area contributed by atoms with Gasteiger partial charge in [-0.05, 0) is 17.2 Å². The van der Waals surface area contributed by atoms with E-state index in [1.807, 2.05) is 6.07 Å². The molecule has 0 radical (unpaired) electrons. The summed E-state index contributed by atoms with van der Waals surface area (Å²) in [6.45, 7) is 7.58. The maximum atomic E-state index is 12.8. The first kappa shape index (κ1) is 18.9. The van der Waals surface area contributed by atoms with Gasteiger partial charge in [0.2, 0.25) is 0 Å². The Kier molecular flexibility index (Phi) is 6.20. The van der Waals surface area contributed by atoms with Gasteiger partial charge in [0.1, 0.15) is 6.54 Å². The fourth-order valence-electron chi connectivity index (χ4n) is 4.32. The van der Waals surface area contributed by atoms with Crippen molar-refractivity contribution >= 4 is 12.0 Å². The normalized spacial score (nSPS) is 20.3. The summed E-state index contributed by atoms with van der Waals surface area (Å²) in [7, 11) is 0. The molecule has 2 aromatic carbocycles. The first-order valence-electron chi connectivity index (χ1n) is 10.5. The molecule has 0 saturated carbocycles. The molecule has 1 saturated heterocycles. The Morgan fingerprint density at radius 1 is 0.893 bits per heavy atom. The number of benzene rings is 2. The van der Waals surface area contributed by atoms with E-state index in [1.54, 1.807) is 4.90 Å². The van der Waals surface area contributed by atoms with Crippen molar-refractivity contribution in [3.05, 3.63) is 77.4 Å². The summed E-state index contributed by atoms with van der Waals surface area (Å²) in [6.07, 6.45) is 5.55. The molecule has 2 aromatic rings. The van der Waals surface area contributed by atoms with Gasteiger partial charge in [-0.3, -0.25) is 4.79 Å². The van der Waals surface area contributed by atoms with Gasteiger partial charge < -0.3 is 14.7 Å². The van der Waals surface area contributed by atoms with Crippen LogP contribution in [0.4, 0.5) is 0 Å². The van der Waals surface area contributed by atoms with E-state index >= 15 is 0 Å². The van der Waals surface area contributed by atoms with Crippen LogP contribution in [-0.2, 0) is 17.8 Å². The van der Waals surface area contributed by atoms with Crippen LogP contribution in [0, 0.1) is 0 Å². The number of nitrogens with zero attached hydrogens (tertiary/aromatic N) is 1. The van der Waals surface area contributed by atoms with Gasteiger partial charge in [0.25, 0.3) is 5.91 Å². The van der Waals surface area contributed by atoms with E-state index in [1.165, 1.54) is 21.6 Å². The zero-order chi connectivity index (χ0) is 19.2. The molecule has 0 aliphatic carbocycles. The fraction of sp³-hybridized carbons (Fsp3) is 0.375. The largest absolute Gasteiger partial charge is 0.329 e. The predicted octanol–water partition coefficient (Wildman–Crippen LogP) is 0.0681. The second kappa shape index (κ2) is 9.18. The van der Waals surface area contributed by atoms with Crippen LogP contribution in [0.5, 0.6) is 0 Å². The van der Waals surface area contributed by atoms with Crippen LogP contribution in [0.3, 0.4) is 0 Å². The van der Waals surface area contributed by atoms with E-state index in [9.17, 15) is 4.79 Å². The van der Waals surface area contributed by atoms with Gasteiger partial charge in [-0.15, -0.1) is 0 Å². The van der Waals surface area contributed by atoms with E-state index in [0.717, 1.165) is 52.2 Å². The molecule has 146 valence electrons. The van der Waals surface area contributed by atoms with Gasteiger partial charge >= 0.3 is 0 Å². The van der Waals surface area contributed by atoms with Crippen LogP contribution in [0.15, 0.2) is 60.7 Å². The lowest BCUT2D eigenvalue weighted by Gasteiger charge is -2.33. The van der Waals surface area contributed by atoms with Crippen molar-refractivity contribution in [3.8, 4) is 0 Å². The molecule has 0 bridgehead atoms. The molecule has 4 nitrogen and oxygen atoms in total. The Balaban J connectivity index is 1.21. The molecule has 1 atom stereocenters. The van der Waals surface area contributed by atoms with Crippen LogP contribution in [-0.4, -0.2) is 56.6 Å². The standard InChI is InChI=1S/C24H29N3O/c28-24(20-26-14-12-22-10-4-5-11-23(22)19-26)27-17-15-25(16-18-27)13-6-9-21-7-2-1-3-8-21/h1-11H,12-20H2/p+2/b9-6+. The average Bonchev–Trinajstić information content (AvgIpc) is 2.75. The lowest BCUT2D eigenvalue weighted by molar-refractivity contribution is -0.909. The first-order chi connectivity index (χ1) is 13.8. The van der Waals surface area contributed by atoms with Crippen molar-refractivity contribution in [2.24, 2.45) is 0 Å². The van der Waals surface area contributed by atoms with Gasteiger partial charge in [0.05, 0.1) is 39.3 Å². The zero-order valence-corrected chi connectivity index (χ0v) is 16.6. The number of quaternary nitrogens is 2. The lowest BCUT2D eigenvalue weighted by atomic mass is 10.00. The van der Waals surface area contributed by atoms with E-state index in [2.05, 4.69) is 65.6 Å². The maximum Gasteiger partial charge on any atom is 0.278 e. The number of nitrogens with one attached hydrogen (secondary N) is 2. The summed E-state index contributed by atoms with van der Waals surface area (Å²) < 4.78 is 0. The third kappa shape index (κ3) is 4.89. The molecule has 2 heterocycles. The van der Waals surface area contributed by atoms with Crippen LogP contribution in [0.25, 0.3) is 6.08 Å². The summed E-state index contributed by atoms with van der Waals surface area (Å²) >= 11 is 0. The monoisotopic (exact) mass is 377 g/mol. The number of piperazine rings is 1. The molecule has 2 aliphatic heterocycles. The Bertz CT molecular complexity index is 810. The van der Waals surface area contributed by atoms with Crippen LogP contribution in [0.2, 0.25) is 0 Å². The second-order valence-electron chi connectivity index (χ2n) is 8.02. The molecule has 1 unspecified atom stereocenters. The van der Waals surface area contributed by atoms with E-state index < -0.39 is 0 Å². The molecule has 4 heteroatoms. The zero-order valence-electron chi connectivity index (χ0n) is 16.6. The summed E-state index contributed by atoms with van der Waals surface area (Å²) in [6, 6.07) is 19.1. The average molecular weight is 378 g/mol. The topological polar surface area (TPSA) is 29.2 Å². The lowest BCUT2D eigenvalue weighted by Crippen LogP contribution is -3.15. The van der Waals surface area contributed by atoms with Gasteiger partial charge in [-0.1, -0.05) is 60.7 Å². The third-order valence-corrected chi connectivity index (χ3v) is 6.05. The van der Waals surface area contributed by atoms with Crippen molar-refractivity contribution in [2.75, 3.05) is 45.8 Å². The Morgan fingerprint density at radius 3 is 2.39 bits per heavy atom. The van der Waals surface area contributed by atoms with Crippen molar-refractivity contribution in [3.63, 3.8) is 0 Å². The highest BCUT2D eigenvalue weighted by Gasteiger charge is 2.27. The van der Waals surface area contributed by atoms with Crippen molar-refractivity contribution in [2.45, 2.75) is 13.0 Å². The molecule has 0 spiro atoms. The van der Waals surface area contributed by atoms with Gasteiger partial charge in [-0.2, -0.15) is 0 Å². The molecule has 1 fully saturated rings. The smallest absolute Gasteiger partial charge is 0.278 e. The Morgan fingerprint density at radius 2 is 1.61 bits per heavy atom. The van der Waals surface area contributed by atoms with Crippen molar-refractivity contribution in [1.82, 2.24) is 4.90 Å². The van der Waals surface area contributed by atoms with Gasteiger partial charge in [0.15, 0.2) is 6.54 Å². The Hall–Kier alpha value is -2.43. The maximum absolute atomic E-state index is 12.8. The fourth-order valence-corrected chi connectivity index (χ4v) is 4.32. The number of carbonyl (C=O) groups is 1. The molecule has 28 heavy (non-hydrogen) atoms. The van der Waals surface area contributed by atoms with Crippen LogP contribution >= 0.6 is 0 Å². The van der Waals surface area contributed by atoms with Crippen LogP contribution < -0.4 is 9.80 Å². The summed E-state index contributed by atoms with van der Waals surface area (Å²) in [5.41, 5.74) is 4.12. The van der Waals surface area contributed by atoms with Crippen molar-refractivity contribution < 1.29 is 14.6 Å². The van der Waals surface area contributed by atoms with E-state index in [0.29, 0.717) is 12.5 Å². The molecule has 4 rings (SSSR count). The summed E-state index contributed by atoms with van der Waals surface area (Å²) in [4.78, 5) is 17.8. The van der Waals surface area contributed by atoms with Crippen LogP contribution in [0.1, 0.15) is 16.7 Å². The Labute approximate surface area is 168 Å². The number of fused-ring (bicyclic) bond motifs is 1. The molecule has 0 aromatic heterocycles. The summed E-state index contributed by atoms with van der Waals surface area (Å²) in [5.74, 6) is 0.327.